The van der Waals surface area contributed by atoms with Crippen LogP contribution in [0.5, 0.6) is 0 Å². The van der Waals surface area contributed by atoms with Crippen LogP contribution in [0.1, 0.15) is 41.5 Å². The van der Waals surface area contributed by atoms with E-state index in [-0.39, 0.29) is 24.3 Å². The Morgan fingerprint density at radius 2 is 1.84 bits per heavy atom. The van der Waals surface area contributed by atoms with Gasteiger partial charge < -0.3 is 10.1 Å². The maximum absolute atomic E-state index is 12.7. The normalized spacial score (nSPS) is 19.7. The van der Waals surface area contributed by atoms with Crippen LogP contribution < -0.4 is 5.32 Å². The van der Waals surface area contributed by atoms with Gasteiger partial charge in [0.1, 0.15) is 0 Å². The van der Waals surface area contributed by atoms with Crippen molar-refractivity contribution < 1.29 is 22.7 Å². The number of hydrogen-bond acceptors (Lipinski definition) is 3. The van der Waals surface area contributed by atoms with Gasteiger partial charge in [-0.2, -0.15) is 13.2 Å². The van der Waals surface area contributed by atoms with E-state index in [0.29, 0.717) is 6.42 Å². The Morgan fingerprint density at radius 3 is 2.48 bits per heavy atom. The number of para-hydroxylation sites is 1. The van der Waals surface area contributed by atoms with Gasteiger partial charge in [-0.25, -0.2) is 0 Å². The van der Waals surface area contributed by atoms with Crippen molar-refractivity contribution in [2.45, 2.75) is 31.0 Å². The lowest BCUT2D eigenvalue weighted by molar-refractivity contribution is -0.141. The highest BCUT2D eigenvalue weighted by Gasteiger charge is 2.32. The van der Waals surface area contributed by atoms with E-state index in [4.69, 9.17) is 4.74 Å². The van der Waals surface area contributed by atoms with Crippen LogP contribution in [0.4, 0.5) is 18.9 Å². The van der Waals surface area contributed by atoms with Crippen molar-refractivity contribution in [2.75, 3.05) is 12.4 Å². The first-order valence-electron chi connectivity index (χ1n) is 7.98. The number of fused-ring (bicyclic) bond motifs is 1. The summed E-state index contributed by atoms with van der Waals surface area (Å²) in [7, 11) is 1.35. The molecule has 2 atom stereocenters. The molecule has 0 saturated heterocycles. The lowest BCUT2D eigenvalue weighted by Crippen LogP contribution is -2.23. The van der Waals surface area contributed by atoms with Gasteiger partial charge in [0.15, 0.2) is 0 Å². The number of benzene rings is 2. The molecular weight excluding hydrogens is 331 g/mol. The lowest BCUT2D eigenvalue weighted by atomic mass is 9.82. The highest BCUT2D eigenvalue weighted by Crippen LogP contribution is 2.42. The topological polar surface area (TPSA) is 38.3 Å². The zero-order valence-corrected chi connectivity index (χ0v) is 13.6. The largest absolute Gasteiger partial charge is 0.469 e. The molecule has 0 radical (unpaired) electrons. The van der Waals surface area contributed by atoms with Crippen molar-refractivity contribution in [1.29, 1.82) is 0 Å². The number of methoxy groups -OCH3 is 1. The van der Waals surface area contributed by atoms with E-state index < -0.39 is 11.7 Å². The minimum atomic E-state index is -4.35. The molecule has 0 spiro atoms. The Labute approximate surface area is 143 Å². The van der Waals surface area contributed by atoms with Crippen molar-refractivity contribution in [1.82, 2.24) is 0 Å². The molecule has 3 nitrogen and oxygen atoms in total. The van der Waals surface area contributed by atoms with E-state index in [1.54, 1.807) is 0 Å². The summed E-state index contributed by atoms with van der Waals surface area (Å²) in [4.78, 5) is 11.7. The number of carbonyl (C=O) groups is 1. The summed E-state index contributed by atoms with van der Waals surface area (Å²) in [6, 6.07) is 12.7. The van der Waals surface area contributed by atoms with E-state index in [2.05, 4.69) is 5.32 Å². The van der Waals surface area contributed by atoms with Crippen LogP contribution in [0, 0.1) is 0 Å². The Balaban J connectivity index is 1.87. The molecule has 2 aromatic carbocycles. The average molecular weight is 349 g/mol. The van der Waals surface area contributed by atoms with Crippen LogP contribution in [-0.4, -0.2) is 13.1 Å². The number of alkyl halides is 3. The molecule has 0 amide bonds. The van der Waals surface area contributed by atoms with Gasteiger partial charge in [0.25, 0.3) is 0 Å². The first-order valence-corrected chi connectivity index (χ1v) is 7.98. The first kappa shape index (κ1) is 17.3. The van der Waals surface area contributed by atoms with E-state index in [1.165, 1.54) is 19.2 Å². The van der Waals surface area contributed by atoms with E-state index in [1.807, 2.05) is 24.3 Å². The van der Waals surface area contributed by atoms with E-state index in [0.717, 1.165) is 28.9 Å². The molecule has 0 unspecified atom stereocenters. The summed E-state index contributed by atoms with van der Waals surface area (Å²) in [6.45, 7) is 0. The molecule has 0 aromatic heterocycles. The van der Waals surface area contributed by atoms with Gasteiger partial charge in [-0.3, -0.25) is 4.79 Å². The van der Waals surface area contributed by atoms with Gasteiger partial charge in [0.05, 0.1) is 25.1 Å². The molecule has 1 aliphatic rings. The second-order valence-electron chi connectivity index (χ2n) is 6.12. The molecule has 25 heavy (non-hydrogen) atoms. The highest BCUT2D eigenvalue weighted by molar-refractivity contribution is 5.71. The molecule has 0 saturated carbocycles. The summed E-state index contributed by atoms with van der Waals surface area (Å²) in [5, 5.41) is 3.36. The summed E-state index contributed by atoms with van der Waals surface area (Å²) in [5.41, 5.74) is 2.01. The van der Waals surface area contributed by atoms with Gasteiger partial charge in [0.2, 0.25) is 0 Å². The Bertz CT molecular complexity index is 756. The molecule has 1 N–H and O–H groups in total. The van der Waals surface area contributed by atoms with Gasteiger partial charge >= 0.3 is 12.1 Å². The zero-order chi connectivity index (χ0) is 18.0. The van der Waals surface area contributed by atoms with Gasteiger partial charge in [0, 0.05) is 5.69 Å². The molecule has 0 aliphatic carbocycles. The van der Waals surface area contributed by atoms with Crippen molar-refractivity contribution >= 4 is 11.7 Å². The Kier molecular flexibility index (Phi) is 4.70. The third kappa shape index (κ3) is 3.78. The second kappa shape index (κ2) is 6.78. The van der Waals surface area contributed by atoms with Gasteiger partial charge in [-0.1, -0.05) is 30.3 Å². The molecule has 3 rings (SSSR count). The second-order valence-corrected chi connectivity index (χ2v) is 6.12. The fraction of sp³-hybridized carbons (Fsp3) is 0.316. The van der Waals surface area contributed by atoms with Crippen LogP contribution in [0.2, 0.25) is 0 Å². The quantitative estimate of drug-likeness (QED) is 0.800. The fourth-order valence-corrected chi connectivity index (χ4v) is 3.24. The van der Waals surface area contributed by atoms with E-state index >= 15 is 0 Å². The van der Waals surface area contributed by atoms with Crippen LogP contribution in [-0.2, 0) is 15.7 Å². The fourth-order valence-electron chi connectivity index (χ4n) is 3.24. The maximum Gasteiger partial charge on any atom is 0.416 e. The number of halogens is 3. The summed E-state index contributed by atoms with van der Waals surface area (Å²) in [5.74, 6) is -0.343. The predicted octanol–water partition coefficient (Wildman–Crippen LogP) is 4.91. The van der Waals surface area contributed by atoms with Crippen molar-refractivity contribution in [3.63, 3.8) is 0 Å². The number of carbonyl (C=O) groups excluding carboxylic acids is 1. The van der Waals surface area contributed by atoms with E-state index in [9.17, 15) is 18.0 Å². The number of esters is 1. The number of ether oxygens (including phenoxy) is 1. The minimum Gasteiger partial charge on any atom is -0.469 e. The average Bonchev–Trinajstić information content (AvgIpc) is 2.61. The molecular formula is C19H18F3NO2. The molecule has 132 valence electrons. The summed E-state index contributed by atoms with van der Waals surface area (Å²) < 4.78 is 43.0. The molecule has 2 aromatic rings. The summed E-state index contributed by atoms with van der Waals surface area (Å²) in [6.07, 6.45) is -3.50. The van der Waals surface area contributed by atoms with Crippen molar-refractivity contribution in [3.05, 3.63) is 65.2 Å². The lowest BCUT2D eigenvalue weighted by Gasteiger charge is -2.33. The number of rotatable bonds is 3. The molecule has 0 fully saturated rings. The zero-order valence-electron chi connectivity index (χ0n) is 13.6. The third-order valence-corrected chi connectivity index (χ3v) is 4.53. The Hall–Kier alpha value is -2.50. The smallest absolute Gasteiger partial charge is 0.416 e. The first-order chi connectivity index (χ1) is 11.9. The van der Waals surface area contributed by atoms with Crippen LogP contribution >= 0.6 is 0 Å². The number of hydrogen-bond donors (Lipinski definition) is 1. The minimum absolute atomic E-state index is 0.0443. The van der Waals surface area contributed by atoms with Gasteiger partial charge in [-0.05, 0) is 41.7 Å². The SMILES string of the molecule is COC(=O)C[C@H]1C[C@@H](c2ccc(C(F)(F)F)cc2)Nc2ccccc21. The van der Waals surface area contributed by atoms with Crippen molar-refractivity contribution in [3.8, 4) is 0 Å². The number of nitrogens with one attached hydrogen (secondary N) is 1. The van der Waals surface area contributed by atoms with Gasteiger partial charge in [-0.15, -0.1) is 0 Å². The van der Waals surface area contributed by atoms with Crippen LogP contribution in [0.25, 0.3) is 0 Å². The van der Waals surface area contributed by atoms with Crippen molar-refractivity contribution in [2.24, 2.45) is 0 Å². The molecule has 1 heterocycles. The standard InChI is InChI=1S/C19H18F3NO2/c1-25-18(24)11-13-10-17(23-16-5-3-2-4-15(13)16)12-6-8-14(9-7-12)19(20,21)22/h2-9,13,17,23H,10-11H2,1H3/t13-,17+/m1/s1. The molecule has 0 bridgehead atoms. The number of anilines is 1. The predicted molar refractivity (Wildman–Crippen MR) is 88.2 cm³/mol. The summed E-state index contributed by atoms with van der Waals surface area (Å²) >= 11 is 0. The monoisotopic (exact) mass is 349 g/mol. The molecule has 1 aliphatic heterocycles. The molecule has 6 heteroatoms. The van der Waals surface area contributed by atoms with Crippen LogP contribution in [0.3, 0.4) is 0 Å². The third-order valence-electron chi connectivity index (χ3n) is 4.53. The Morgan fingerprint density at radius 1 is 1.16 bits per heavy atom. The highest BCUT2D eigenvalue weighted by atomic mass is 19.4. The maximum atomic E-state index is 12.7. The van der Waals surface area contributed by atoms with Crippen LogP contribution in [0.15, 0.2) is 48.5 Å².